The van der Waals surface area contributed by atoms with Gasteiger partial charge in [0.1, 0.15) is 12.4 Å². The van der Waals surface area contributed by atoms with Crippen LogP contribution >= 0.6 is 0 Å². The molecule has 0 aromatic carbocycles. The lowest BCUT2D eigenvalue weighted by molar-refractivity contribution is -0.125. The zero-order chi connectivity index (χ0) is 12.8. The van der Waals surface area contributed by atoms with Crippen molar-refractivity contribution >= 4 is 11.6 Å². The fraction of sp³-hybridized carbons (Fsp3) is 0.538. The zero-order valence-electron chi connectivity index (χ0n) is 10.4. The van der Waals surface area contributed by atoms with Crippen molar-refractivity contribution in [3.8, 4) is 0 Å². The number of hydrogen-bond donors (Lipinski definition) is 2. The minimum Gasteiger partial charge on any atom is -0.383 e. The van der Waals surface area contributed by atoms with E-state index < -0.39 is 0 Å². The molecule has 1 aromatic rings. The van der Waals surface area contributed by atoms with Crippen molar-refractivity contribution in [1.82, 2.24) is 10.3 Å². The lowest BCUT2D eigenvalue weighted by atomic mass is 10.1. The van der Waals surface area contributed by atoms with Gasteiger partial charge in [-0.1, -0.05) is 6.07 Å². The van der Waals surface area contributed by atoms with Crippen molar-refractivity contribution in [2.24, 2.45) is 0 Å². The molecule has 0 radical (unpaired) electrons. The van der Waals surface area contributed by atoms with Crippen molar-refractivity contribution in [2.75, 3.05) is 25.4 Å². The number of nitrogens with zero attached hydrogens (tertiary/aromatic N) is 1. The molecule has 2 heterocycles. The molecule has 0 bridgehead atoms. The predicted octanol–water partition coefficient (Wildman–Crippen LogP) is 0.544. The molecule has 1 aromatic heterocycles. The third kappa shape index (κ3) is 3.78. The fourth-order valence-electron chi connectivity index (χ4n) is 2.04. The van der Waals surface area contributed by atoms with Gasteiger partial charge in [-0.25, -0.2) is 4.98 Å². The van der Waals surface area contributed by atoms with Crippen LogP contribution in [-0.2, 0) is 16.0 Å². The van der Waals surface area contributed by atoms with Gasteiger partial charge in [0.25, 0.3) is 0 Å². The summed E-state index contributed by atoms with van der Waals surface area (Å²) in [5.41, 5.74) is 6.47. The van der Waals surface area contributed by atoms with Crippen molar-refractivity contribution in [3.05, 3.63) is 23.9 Å². The van der Waals surface area contributed by atoms with E-state index in [0.717, 1.165) is 31.5 Å². The normalized spacial score (nSPS) is 16.7. The molecule has 0 spiro atoms. The summed E-state index contributed by atoms with van der Waals surface area (Å²) < 4.78 is 5.61. The molecule has 1 fully saturated rings. The Hall–Kier alpha value is -1.46. The molecule has 1 aliphatic rings. The number of nitrogens with one attached hydrogen (secondary N) is 1. The van der Waals surface area contributed by atoms with Gasteiger partial charge in [-0.05, 0) is 32.0 Å². The first-order valence-corrected chi connectivity index (χ1v) is 6.29. The van der Waals surface area contributed by atoms with Gasteiger partial charge >= 0.3 is 0 Å². The van der Waals surface area contributed by atoms with E-state index in [0.29, 0.717) is 12.2 Å². The molecular formula is C13H19N3O2. The Balaban J connectivity index is 1.76. The van der Waals surface area contributed by atoms with Crippen LogP contribution in [0.2, 0.25) is 0 Å². The molecule has 18 heavy (non-hydrogen) atoms. The van der Waals surface area contributed by atoms with Crippen LogP contribution in [0.3, 0.4) is 0 Å². The highest BCUT2D eigenvalue weighted by Crippen LogP contribution is 2.10. The molecule has 2 rings (SSSR count). The van der Waals surface area contributed by atoms with Crippen molar-refractivity contribution < 1.29 is 9.53 Å². The van der Waals surface area contributed by atoms with Crippen LogP contribution in [0.5, 0.6) is 0 Å². The molecule has 0 saturated carbocycles. The number of aromatic nitrogens is 1. The first kappa shape index (κ1) is 13.0. The average molecular weight is 249 g/mol. The number of piperidine rings is 1. The highest BCUT2D eigenvalue weighted by molar-refractivity contribution is 5.83. The lowest BCUT2D eigenvalue weighted by Crippen LogP contribution is -2.33. The quantitative estimate of drug-likeness (QED) is 0.796. The number of nitrogen functional groups attached to an aromatic ring is 1. The third-order valence-electron chi connectivity index (χ3n) is 3.08. The fourth-order valence-corrected chi connectivity index (χ4v) is 2.04. The number of hydrogen-bond acceptors (Lipinski definition) is 5. The van der Waals surface area contributed by atoms with Gasteiger partial charge < -0.3 is 15.8 Å². The van der Waals surface area contributed by atoms with Gasteiger partial charge in [-0.2, -0.15) is 0 Å². The van der Waals surface area contributed by atoms with Crippen LogP contribution in [0, 0.1) is 0 Å². The van der Waals surface area contributed by atoms with Gasteiger partial charge in [0.2, 0.25) is 0 Å². The van der Waals surface area contributed by atoms with E-state index in [1.807, 2.05) is 6.07 Å². The smallest absolute Gasteiger partial charge is 0.162 e. The second-order valence-electron chi connectivity index (χ2n) is 4.52. The standard InChI is InChI=1S/C13H19N3O2/c14-13-10(2-1-5-16-13)8-11(17)9-18-12-3-6-15-7-4-12/h1-2,5,12,15H,3-4,6-9H2,(H2,14,16). The van der Waals surface area contributed by atoms with Crippen LogP contribution in [0.15, 0.2) is 18.3 Å². The van der Waals surface area contributed by atoms with E-state index in [2.05, 4.69) is 10.3 Å². The van der Waals surface area contributed by atoms with Crippen LogP contribution in [0.25, 0.3) is 0 Å². The summed E-state index contributed by atoms with van der Waals surface area (Å²) in [7, 11) is 0. The first-order chi connectivity index (χ1) is 8.75. The summed E-state index contributed by atoms with van der Waals surface area (Å²) in [4.78, 5) is 15.7. The van der Waals surface area contributed by atoms with E-state index >= 15 is 0 Å². The molecule has 0 atom stereocenters. The molecule has 0 unspecified atom stereocenters. The predicted molar refractivity (Wildman–Crippen MR) is 69.2 cm³/mol. The zero-order valence-corrected chi connectivity index (χ0v) is 10.4. The Labute approximate surface area is 107 Å². The summed E-state index contributed by atoms with van der Waals surface area (Å²) in [5, 5.41) is 3.26. The second kappa shape index (κ2) is 6.47. The largest absolute Gasteiger partial charge is 0.383 e. The molecular weight excluding hydrogens is 230 g/mol. The molecule has 5 nitrogen and oxygen atoms in total. The van der Waals surface area contributed by atoms with Gasteiger partial charge in [0, 0.05) is 18.2 Å². The summed E-state index contributed by atoms with van der Waals surface area (Å²) in [6, 6.07) is 3.61. The summed E-state index contributed by atoms with van der Waals surface area (Å²) in [6.07, 6.45) is 4.07. The van der Waals surface area contributed by atoms with Crippen LogP contribution in [0.1, 0.15) is 18.4 Å². The molecule has 1 saturated heterocycles. The van der Waals surface area contributed by atoms with E-state index in [9.17, 15) is 4.79 Å². The molecule has 3 N–H and O–H groups in total. The maximum absolute atomic E-state index is 11.8. The number of pyridine rings is 1. The molecule has 0 amide bonds. The van der Waals surface area contributed by atoms with E-state index in [-0.39, 0.29) is 18.5 Å². The van der Waals surface area contributed by atoms with Crippen molar-refractivity contribution in [2.45, 2.75) is 25.4 Å². The lowest BCUT2D eigenvalue weighted by Gasteiger charge is -2.22. The SMILES string of the molecule is Nc1ncccc1CC(=O)COC1CCNCC1. The third-order valence-corrected chi connectivity index (χ3v) is 3.08. The minimum absolute atomic E-state index is 0.0493. The Kier molecular flexibility index (Phi) is 4.66. The van der Waals surface area contributed by atoms with Crippen molar-refractivity contribution in [1.29, 1.82) is 0 Å². The van der Waals surface area contributed by atoms with Gasteiger partial charge in [0.15, 0.2) is 5.78 Å². The van der Waals surface area contributed by atoms with E-state index in [1.165, 1.54) is 0 Å². The summed E-state index contributed by atoms with van der Waals surface area (Å²) in [6.45, 7) is 2.10. The van der Waals surface area contributed by atoms with E-state index in [1.54, 1.807) is 12.3 Å². The molecule has 1 aliphatic heterocycles. The van der Waals surface area contributed by atoms with Crippen LogP contribution in [-0.4, -0.2) is 36.6 Å². The first-order valence-electron chi connectivity index (χ1n) is 6.29. The number of carbonyl (C=O) groups is 1. The summed E-state index contributed by atoms with van der Waals surface area (Å²) >= 11 is 0. The monoisotopic (exact) mass is 249 g/mol. The van der Waals surface area contributed by atoms with Gasteiger partial charge in [-0.15, -0.1) is 0 Å². The number of anilines is 1. The summed E-state index contributed by atoms with van der Waals surface area (Å²) in [5.74, 6) is 0.473. The van der Waals surface area contributed by atoms with Crippen LogP contribution in [0.4, 0.5) is 5.82 Å². The maximum Gasteiger partial charge on any atom is 0.162 e. The number of nitrogens with two attached hydrogens (primary N) is 1. The van der Waals surface area contributed by atoms with E-state index in [4.69, 9.17) is 10.5 Å². The van der Waals surface area contributed by atoms with Gasteiger partial charge in [0.05, 0.1) is 6.10 Å². The highest BCUT2D eigenvalue weighted by Gasteiger charge is 2.15. The highest BCUT2D eigenvalue weighted by atomic mass is 16.5. The Morgan fingerprint density at radius 3 is 3.00 bits per heavy atom. The number of ether oxygens (including phenoxy) is 1. The number of rotatable bonds is 5. The number of ketones is 1. The Morgan fingerprint density at radius 1 is 1.50 bits per heavy atom. The second-order valence-corrected chi connectivity index (χ2v) is 4.52. The topological polar surface area (TPSA) is 77.2 Å². The number of carbonyl (C=O) groups excluding carboxylic acids is 1. The number of Topliss-reactive ketones (excluding diaryl/α,β-unsaturated/α-hetero) is 1. The molecule has 0 aliphatic carbocycles. The molecule has 5 heteroatoms. The molecule has 98 valence electrons. The van der Waals surface area contributed by atoms with Gasteiger partial charge in [-0.3, -0.25) is 4.79 Å². The minimum atomic E-state index is 0.0493. The van der Waals surface area contributed by atoms with Crippen LogP contribution < -0.4 is 11.1 Å². The maximum atomic E-state index is 11.8. The average Bonchev–Trinajstić information content (AvgIpc) is 2.40. The Bertz CT molecular complexity index is 403. The van der Waals surface area contributed by atoms with Crippen molar-refractivity contribution in [3.63, 3.8) is 0 Å². The Morgan fingerprint density at radius 2 is 2.28 bits per heavy atom.